The summed E-state index contributed by atoms with van der Waals surface area (Å²) in [6, 6.07) is 17.2. The van der Waals surface area contributed by atoms with Crippen LogP contribution in [0.25, 0.3) is 0 Å². The van der Waals surface area contributed by atoms with Crippen LogP contribution < -0.4 is 10.1 Å². The Morgan fingerprint density at radius 3 is 2.72 bits per heavy atom. The Morgan fingerprint density at radius 1 is 1.09 bits per heavy atom. The zero-order valence-corrected chi connectivity index (χ0v) is 18.0. The lowest BCUT2D eigenvalue weighted by Gasteiger charge is -2.27. The third-order valence-corrected chi connectivity index (χ3v) is 5.85. The Balaban J connectivity index is 1.41. The molecule has 0 fully saturated rings. The number of benzene rings is 3. The molecule has 0 spiro atoms. The van der Waals surface area contributed by atoms with E-state index in [0.29, 0.717) is 17.3 Å². The van der Waals surface area contributed by atoms with Crippen molar-refractivity contribution < 1.29 is 24.9 Å². The molecule has 166 valence electrons. The largest absolute Gasteiger partial charge is 0.508 e. The van der Waals surface area contributed by atoms with E-state index in [0.717, 1.165) is 30.4 Å². The van der Waals surface area contributed by atoms with Crippen molar-refractivity contribution in [1.29, 1.82) is 0 Å². The highest BCUT2D eigenvalue weighted by atomic mass is 35.5. The Bertz CT molecular complexity index is 1130. The maximum absolute atomic E-state index is 11.2. The molecule has 4 N–H and O–H groups in total. The predicted octanol–water partition coefficient (Wildman–Crippen LogP) is 4.72. The van der Waals surface area contributed by atoms with Gasteiger partial charge in [-0.3, -0.25) is 0 Å². The summed E-state index contributed by atoms with van der Waals surface area (Å²) in [5.41, 5.74) is 3.12. The summed E-state index contributed by atoms with van der Waals surface area (Å²) in [6.45, 7) is 0.428. The Hall–Kier alpha value is -3.06. The van der Waals surface area contributed by atoms with Gasteiger partial charge in [0.2, 0.25) is 0 Å². The second-order valence-corrected chi connectivity index (χ2v) is 8.41. The van der Waals surface area contributed by atoms with E-state index in [1.165, 1.54) is 23.8 Å². The normalized spacial score (nSPS) is 16.2. The van der Waals surface area contributed by atoms with Crippen LogP contribution in [0.2, 0.25) is 5.02 Å². The molecular formula is C25H24ClNO5. The summed E-state index contributed by atoms with van der Waals surface area (Å²) in [5, 5.41) is 33.4. The van der Waals surface area contributed by atoms with Crippen LogP contribution in [0.3, 0.4) is 0 Å². The van der Waals surface area contributed by atoms with E-state index in [-0.39, 0.29) is 23.1 Å². The maximum Gasteiger partial charge on any atom is 0.335 e. The van der Waals surface area contributed by atoms with Crippen LogP contribution in [-0.4, -0.2) is 33.9 Å². The zero-order chi connectivity index (χ0) is 22.7. The van der Waals surface area contributed by atoms with Gasteiger partial charge in [-0.25, -0.2) is 4.79 Å². The number of carbonyl (C=O) groups is 1. The van der Waals surface area contributed by atoms with Crippen LogP contribution in [0, 0.1) is 0 Å². The SMILES string of the molecule is O=C(O)c1cc(O)cc(Oc2ccc3c(c2)C[C@@H](NC[C@H](O)c2cccc(Cl)c2)CC3)c1. The third kappa shape index (κ3) is 5.40. The monoisotopic (exact) mass is 453 g/mol. The fourth-order valence-corrected chi connectivity index (χ4v) is 4.18. The molecule has 3 aromatic carbocycles. The van der Waals surface area contributed by atoms with E-state index in [9.17, 15) is 15.0 Å². The van der Waals surface area contributed by atoms with Crippen molar-refractivity contribution in [3.8, 4) is 17.2 Å². The number of ether oxygens (including phenoxy) is 1. The molecule has 7 heteroatoms. The molecule has 0 radical (unpaired) electrons. The zero-order valence-electron chi connectivity index (χ0n) is 17.3. The Morgan fingerprint density at radius 2 is 1.94 bits per heavy atom. The number of halogens is 1. The molecule has 0 amide bonds. The number of aliphatic hydroxyl groups excluding tert-OH is 1. The molecule has 0 aromatic heterocycles. The molecule has 32 heavy (non-hydrogen) atoms. The summed E-state index contributed by atoms with van der Waals surface area (Å²) in [7, 11) is 0. The van der Waals surface area contributed by atoms with Crippen LogP contribution in [0.4, 0.5) is 0 Å². The van der Waals surface area contributed by atoms with Crippen LogP contribution in [0.5, 0.6) is 17.2 Å². The summed E-state index contributed by atoms with van der Waals surface area (Å²) in [4.78, 5) is 11.2. The van der Waals surface area contributed by atoms with Crippen molar-refractivity contribution in [2.45, 2.75) is 31.4 Å². The average Bonchev–Trinajstić information content (AvgIpc) is 2.76. The number of nitrogens with one attached hydrogen (secondary N) is 1. The van der Waals surface area contributed by atoms with Gasteiger partial charge in [-0.15, -0.1) is 0 Å². The lowest BCUT2D eigenvalue weighted by Crippen LogP contribution is -2.37. The number of aryl methyl sites for hydroxylation is 1. The molecule has 0 heterocycles. The highest BCUT2D eigenvalue weighted by Gasteiger charge is 2.20. The number of carboxylic acids is 1. The van der Waals surface area contributed by atoms with Crippen LogP contribution in [0.1, 0.15) is 39.6 Å². The van der Waals surface area contributed by atoms with Gasteiger partial charge in [0.1, 0.15) is 17.2 Å². The fraction of sp³-hybridized carbons (Fsp3) is 0.240. The molecule has 0 saturated carbocycles. The smallest absolute Gasteiger partial charge is 0.335 e. The molecule has 0 unspecified atom stereocenters. The second kappa shape index (κ2) is 9.61. The summed E-state index contributed by atoms with van der Waals surface area (Å²) in [6.07, 6.45) is 2.02. The molecule has 4 rings (SSSR count). The van der Waals surface area contributed by atoms with Gasteiger partial charge < -0.3 is 25.4 Å². The summed E-state index contributed by atoms with van der Waals surface area (Å²) < 4.78 is 5.82. The van der Waals surface area contributed by atoms with E-state index < -0.39 is 12.1 Å². The molecule has 2 atom stereocenters. The van der Waals surface area contributed by atoms with Gasteiger partial charge in [0, 0.05) is 23.7 Å². The first kappa shape index (κ1) is 22.1. The number of aromatic hydroxyl groups is 1. The van der Waals surface area contributed by atoms with Gasteiger partial charge >= 0.3 is 5.97 Å². The van der Waals surface area contributed by atoms with E-state index in [1.807, 2.05) is 30.3 Å². The van der Waals surface area contributed by atoms with Gasteiger partial charge in [0.15, 0.2) is 0 Å². The molecule has 3 aromatic rings. The second-order valence-electron chi connectivity index (χ2n) is 7.97. The van der Waals surface area contributed by atoms with Crippen molar-refractivity contribution in [1.82, 2.24) is 5.32 Å². The maximum atomic E-state index is 11.2. The van der Waals surface area contributed by atoms with Crippen LogP contribution in [-0.2, 0) is 12.8 Å². The van der Waals surface area contributed by atoms with Gasteiger partial charge in [-0.05, 0) is 72.4 Å². The standard InChI is InChI=1S/C25H24ClNO5/c26-19-3-1-2-16(8-19)24(29)14-27-20-6-4-15-5-7-22(11-17(15)9-20)32-23-12-18(25(30)31)10-21(28)13-23/h1-3,5,7-8,10-13,20,24,27-29H,4,6,9,14H2,(H,30,31)/t20-,24-/m0/s1. The van der Waals surface area contributed by atoms with E-state index in [4.69, 9.17) is 21.4 Å². The van der Waals surface area contributed by atoms with Crippen LogP contribution >= 0.6 is 11.6 Å². The van der Waals surface area contributed by atoms with E-state index in [2.05, 4.69) is 5.32 Å². The van der Waals surface area contributed by atoms with Crippen molar-refractivity contribution in [2.75, 3.05) is 6.54 Å². The van der Waals surface area contributed by atoms with Crippen molar-refractivity contribution in [2.24, 2.45) is 0 Å². The van der Waals surface area contributed by atoms with Crippen molar-refractivity contribution >= 4 is 17.6 Å². The van der Waals surface area contributed by atoms with E-state index >= 15 is 0 Å². The van der Waals surface area contributed by atoms with Crippen molar-refractivity contribution in [3.05, 3.63) is 87.9 Å². The van der Waals surface area contributed by atoms with Crippen LogP contribution in [0.15, 0.2) is 60.7 Å². The number of carboxylic acid groups (broad SMARTS) is 1. The molecule has 0 aliphatic heterocycles. The van der Waals surface area contributed by atoms with Gasteiger partial charge in [-0.2, -0.15) is 0 Å². The van der Waals surface area contributed by atoms with Gasteiger partial charge in [-0.1, -0.05) is 29.8 Å². The summed E-state index contributed by atoms with van der Waals surface area (Å²) in [5.74, 6) is -0.465. The highest BCUT2D eigenvalue weighted by molar-refractivity contribution is 6.30. The quantitative estimate of drug-likeness (QED) is 0.413. The number of aromatic carboxylic acids is 1. The van der Waals surface area contributed by atoms with Crippen molar-refractivity contribution in [3.63, 3.8) is 0 Å². The number of aliphatic hydroxyl groups is 1. The lowest BCUT2D eigenvalue weighted by atomic mass is 9.88. The number of rotatable bonds is 7. The fourth-order valence-electron chi connectivity index (χ4n) is 3.98. The third-order valence-electron chi connectivity index (χ3n) is 5.61. The molecular weight excluding hydrogens is 430 g/mol. The number of phenolic OH excluding ortho intramolecular Hbond substituents is 1. The van der Waals surface area contributed by atoms with Gasteiger partial charge in [0.25, 0.3) is 0 Å². The topological polar surface area (TPSA) is 99.0 Å². The molecule has 1 aliphatic rings. The minimum Gasteiger partial charge on any atom is -0.508 e. The molecule has 0 saturated heterocycles. The first-order valence-electron chi connectivity index (χ1n) is 10.4. The molecule has 0 bridgehead atoms. The number of phenols is 1. The first-order chi connectivity index (χ1) is 15.4. The predicted molar refractivity (Wildman–Crippen MR) is 122 cm³/mol. The highest BCUT2D eigenvalue weighted by Crippen LogP contribution is 2.31. The minimum atomic E-state index is -1.13. The summed E-state index contributed by atoms with van der Waals surface area (Å²) >= 11 is 6.01. The Kier molecular flexibility index (Phi) is 6.65. The number of hydrogen-bond donors (Lipinski definition) is 4. The number of fused-ring (bicyclic) bond motifs is 1. The van der Waals surface area contributed by atoms with E-state index in [1.54, 1.807) is 12.1 Å². The lowest BCUT2D eigenvalue weighted by molar-refractivity contribution is 0.0696. The molecule has 6 nitrogen and oxygen atoms in total. The molecule has 1 aliphatic carbocycles. The average molecular weight is 454 g/mol. The Labute approximate surface area is 191 Å². The first-order valence-corrected chi connectivity index (χ1v) is 10.8. The minimum absolute atomic E-state index is 0.0412. The van der Waals surface area contributed by atoms with Gasteiger partial charge in [0.05, 0.1) is 11.7 Å². The number of hydrogen-bond acceptors (Lipinski definition) is 5.